The lowest BCUT2D eigenvalue weighted by atomic mass is 9.97. The van der Waals surface area contributed by atoms with E-state index in [9.17, 15) is 13.5 Å². The van der Waals surface area contributed by atoms with Gasteiger partial charge in [-0.2, -0.15) is 5.10 Å². The van der Waals surface area contributed by atoms with Crippen LogP contribution in [0.1, 0.15) is 29.2 Å². The molecule has 3 N–H and O–H groups in total. The van der Waals surface area contributed by atoms with Crippen LogP contribution in [0, 0.1) is 6.92 Å². The standard InChI is InChI=1S/C22H21N3O3S/c1-15-2-4-17(5-3-15)22-14-21(16-6-10-19(26)11-7-16)24-25(22)18-8-12-20(13-9-18)29(23,27)28/h2-13,22,26H,14H2,1H3,(H2,23,27,28). The molecule has 0 bridgehead atoms. The number of hydrogen-bond acceptors (Lipinski definition) is 5. The number of phenols is 1. The minimum absolute atomic E-state index is 0.0280. The Morgan fingerprint density at radius 3 is 2.17 bits per heavy atom. The molecular weight excluding hydrogens is 386 g/mol. The minimum Gasteiger partial charge on any atom is -0.508 e. The van der Waals surface area contributed by atoms with Gasteiger partial charge in [-0.3, -0.25) is 5.01 Å². The fourth-order valence-electron chi connectivity index (χ4n) is 3.41. The molecule has 4 rings (SSSR count). The van der Waals surface area contributed by atoms with Gasteiger partial charge in [0.25, 0.3) is 0 Å². The Kier molecular flexibility index (Phi) is 4.86. The smallest absolute Gasteiger partial charge is 0.238 e. The zero-order chi connectivity index (χ0) is 20.6. The summed E-state index contributed by atoms with van der Waals surface area (Å²) in [5, 5.41) is 21.5. The van der Waals surface area contributed by atoms with E-state index in [-0.39, 0.29) is 16.7 Å². The third-order valence-electron chi connectivity index (χ3n) is 5.00. The lowest BCUT2D eigenvalue weighted by molar-refractivity contribution is 0.475. The topological polar surface area (TPSA) is 96.0 Å². The van der Waals surface area contributed by atoms with E-state index in [1.165, 1.54) is 17.7 Å². The van der Waals surface area contributed by atoms with Crippen LogP contribution >= 0.6 is 0 Å². The number of nitrogens with zero attached hydrogens (tertiary/aromatic N) is 2. The van der Waals surface area contributed by atoms with Gasteiger partial charge < -0.3 is 5.11 Å². The number of aryl methyl sites for hydroxylation is 1. The first-order valence-electron chi connectivity index (χ1n) is 9.17. The second-order valence-corrected chi connectivity index (χ2v) is 8.67. The number of anilines is 1. The minimum atomic E-state index is -3.75. The Balaban J connectivity index is 1.74. The number of primary sulfonamides is 1. The zero-order valence-electron chi connectivity index (χ0n) is 15.9. The Morgan fingerprint density at radius 1 is 0.966 bits per heavy atom. The van der Waals surface area contributed by atoms with Crippen LogP contribution in [0.5, 0.6) is 5.75 Å². The predicted octanol–water partition coefficient (Wildman–Crippen LogP) is 3.70. The molecule has 3 aromatic carbocycles. The normalized spacial score (nSPS) is 16.7. The average Bonchev–Trinajstić information content (AvgIpc) is 3.14. The molecule has 1 unspecified atom stereocenters. The average molecular weight is 407 g/mol. The number of phenolic OH excluding ortho intramolecular Hbond substituents is 1. The van der Waals surface area contributed by atoms with Gasteiger partial charge in [-0.1, -0.05) is 29.8 Å². The van der Waals surface area contributed by atoms with Crippen LogP contribution in [0.2, 0.25) is 0 Å². The van der Waals surface area contributed by atoms with Crippen molar-refractivity contribution in [3.63, 3.8) is 0 Å². The van der Waals surface area contributed by atoms with Gasteiger partial charge in [0.1, 0.15) is 5.75 Å². The van der Waals surface area contributed by atoms with Crippen molar-refractivity contribution in [2.45, 2.75) is 24.3 Å². The van der Waals surface area contributed by atoms with Crippen molar-refractivity contribution in [2.75, 3.05) is 5.01 Å². The van der Waals surface area contributed by atoms with Crippen LogP contribution in [0.4, 0.5) is 5.69 Å². The van der Waals surface area contributed by atoms with Gasteiger partial charge in [0.15, 0.2) is 0 Å². The van der Waals surface area contributed by atoms with Crippen molar-refractivity contribution in [1.29, 1.82) is 0 Å². The molecule has 0 spiro atoms. The van der Waals surface area contributed by atoms with Crippen LogP contribution in [-0.4, -0.2) is 19.2 Å². The Morgan fingerprint density at radius 2 is 1.59 bits per heavy atom. The zero-order valence-corrected chi connectivity index (χ0v) is 16.7. The van der Waals surface area contributed by atoms with Crippen LogP contribution in [0.25, 0.3) is 0 Å². The highest BCUT2D eigenvalue weighted by Crippen LogP contribution is 2.37. The van der Waals surface area contributed by atoms with Crippen molar-refractivity contribution >= 4 is 21.4 Å². The first-order chi connectivity index (χ1) is 13.8. The summed E-state index contributed by atoms with van der Waals surface area (Å²) < 4.78 is 23.1. The van der Waals surface area contributed by atoms with Gasteiger partial charge in [-0.15, -0.1) is 0 Å². The van der Waals surface area contributed by atoms with Gasteiger partial charge in [-0.05, 0) is 66.6 Å². The monoisotopic (exact) mass is 407 g/mol. The molecule has 0 aromatic heterocycles. The summed E-state index contributed by atoms with van der Waals surface area (Å²) in [6.07, 6.45) is 0.685. The largest absolute Gasteiger partial charge is 0.508 e. The maximum atomic E-state index is 11.6. The number of benzene rings is 3. The second-order valence-electron chi connectivity index (χ2n) is 7.11. The SMILES string of the molecule is Cc1ccc(C2CC(c3ccc(O)cc3)=NN2c2ccc(S(N)(=O)=O)cc2)cc1. The van der Waals surface area contributed by atoms with Crippen LogP contribution < -0.4 is 10.1 Å². The number of sulfonamides is 1. The van der Waals surface area contributed by atoms with Crippen molar-refractivity contribution in [3.8, 4) is 5.75 Å². The summed E-state index contributed by atoms with van der Waals surface area (Å²) in [6, 6.07) is 21.6. The molecular formula is C22H21N3O3S. The number of rotatable bonds is 4. The van der Waals surface area contributed by atoms with E-state index in [1.54, 1.807) is 24.3 Å². The first kappa shape index (κ1) is 19.2. The molecule has 0 radical (unpaired) electrons. The summed E-state index contributed by atoms with van der Waals surface area (Å²) in [4.78, 5) is 0.0649. The van der Waals surface area contributed by atoms with Crippen LogP contribution in [0.15, 0.2) is 82.8 Å². The summed E-state index contributed by atoms with van der Waals surface area (Å²) in [7, 11) is -3.75. The molecule has 29 heavy (non-hydrogen) atoms. The fraction of sp³-hybridized carbons (Fsp3) is 0.136. The highest BCUT2D eigenvalue weighted by molar-refractivity contribution is 7.89. The number of aromatic hydroxyl groups is 1. The third kappa shape index (κ3) is 4.01. The maximum absolute atomic E-state index is 11.6. The van der Waals surface area contributed by atoms with Crippen LogP contribution in [-0.2, 0) is 10.0 Å². The molecule has 1 atom stereocenters. The van der Waals surface area contributed by atoms with Crippen molar-refractivity contribution in [3.05, 3.63) is 89.5 Å². The van der Waals surface area contributed by atoms with E-state index in [2.05, 4.69) is 24.3 Å². The molecule has 0 amide bonds. The number of hydrazone groups is 1. The lowest BCUT2D eigenvalue weighted by Crippen LogP contribution is -2.19. The molecule has 0 fully saturated rings. The Hall–Kier alpha value is -3.16. The van der Waals surface area contributed by atoms with Crippen LogP contribution in [0.3, 0.4) is 0 Å². The van der Waals surface area contributed by atoms with Crippen molar-refractivity contribution in [2.24, 2.45) is 10.2 Å². The molecule has 0 saturated carbocycles. The van der Waals surface area contributed by atoms with Gasteiger partial charge in [0.2, 0.25) is 10.0 Å². The molecule has 1 aliphatic rings. The van der Waals surface area contributed by atoms with Gasteiger partial charge in [0.05, 0.1) is 22.3 Å². The molecule has 6 nitrogen and oxygen atoms in total. The molecule has 3 aromatic rings. The maximum Gasteiger partial charge on any atom is 0.238 e. The summed E-state index contributed by atoms with van der Waals surface area (Å²) in [5.74, 6) is 0.206. The van der Waals surface area contributed by atoms with Gasteiger partial charge >= 0.3 is 0 Å². The van der Waals surface area contributed by atoms with Gasteiger partial charge in [-0.25, -0.2) is 13.6 Å². The quantitative estimate of drug-likeness (QED) is 0.689. The van der Waals surface area contributed by atoms with E-state index >= 15 is 0 Å². The van der Waals surface area contributed by atoms with E-state index in [1.807, 2.05) is 24.1 Å². The van der Waals surface area contributed by atoms with Gasteiger partial charge in [0, 0.05) is 6.42 Å². The number of hydrogen-bond donors (Lipinski definition) is 2. The fourth-order valence-corrected chi connectivity index (χ4v) is 3.93. The lowest BCUT2D eigenvalue weighted by Gasteiger charge is -2.24. The van der Waals surface area contributed by atoms with Crippen molar-refractivity contribution in [1.82, 2.24) is 0 Å². The van der Waals surface area contributed by atoms with Crippen molar-refractivity contribution < 1.29 is 13.5 Å². The molecule has 1 heterocycles. The van der Waals surface area contributed by atoms with E-state index < -0.39 is 10.0 Å². The Bertz CT molecular complexity index is 1150. The summed E-state index contributed by atoms with van der Waals surface area (Å²) >= 11 is 0. The molecule has 1 aliphatic heterocycles. The Labute approximate surface area is 170 Å². The predicted molar refractivity (Wildman–Crippen MR) is 113 cm³/mol. The second kappa shape index (κ2) is 7.35. The summed E-state index contributed by atoms with van der Waals surface area (Å²) in [5.41, 5.74) is 4.89. The molecule has 0 saturated heterocycles. The highest BCUT2D eigenvalue weighted by atomic mass is 32.2. The highest BCUT2D eigenvalue weighted by Gasteiger charge is 2.30. The van der Waals surface area contributed by atoms with E-state index in [4.69, 9.17) is 10.2 Å². The first-order valence-corrected chi connectivity index (χ1v) is 10.7. The van der Waals surface area contributed by atoms with E-state index in [0.717, 1.165) is 22.5 Å². The molecule has 148 valence electrons. The van der Waals surface area contributed by atoms with E-state index in [0.29, 0.717) is 6.42 Å². The number of nitrogens with two attached hydrogens (primary N) is 1. The summed E-state index contributed by atoms with van der Waals surface area (Å²) in [6.45, 7) is 2.04. The molecule has 0 aliphatic carbocycles. The molecule has 7 heteroatoms. The third-order valence-corrected chi connectivity index (χ3v) is 5.93.